The maximum atomic E-state index is 8.82. The molecule has 1 N–H and O–H groups in total. The maximum absolute atomic E-state index is 8.82. The van der Waals surface area contributed by atoms with E-state index in [9.17, 15) is 0 Å². The van der Waals surface area contributed by atoms with Crippen molar-refractivity contribution in [2.75, 3.05) is 0 Å². The summed E-state index contributed by atoms with van der Waals surface area (Å²) in [5.74, 6) is 1.80. The number of aliphatic hydroxyl groups excluding tert-OH is 1. The van der Waals surface area contributed by atoms with Gasteiger partial charge < -0.3 is 14.3 Å². The maximum Gasteiger partial charge on any atom is 0.146 e. The Morgan fingerprint density at radius 1 is 1.12 bits per heavy atom. The van der Waals surface area contributed by atoms with Crippen LogP contribution in [0, 0.1) is 0 Å². The third-order valence-corrected chi connectivity index (χ3v) is 2.39. The lowest BCUT2D eigenvalue weighted by atomic mass is 10.3. The molecule has 0 aliphatic carbocycles. The van der Waals surface area contributed by atoms with E-state index in [0.717, 1.165) is 0 Å². The van der Waals surface area contributed by atoms with E-state index in [1.807, 2.05) is 12.1 Å². The molecular weight excluding hydrogens is 228 g/mol. The van der Waals surface area contributed by atoms with Crippen LogP contribution in [0.1, 0.15) is 11.5 Å². The number of hydrogen-bond donors (Lipinski definition) is 1. The van der Waals surface area contributed by atoms with E-state index in [2.05, 4.69) is 0 Å². The van der Waals surface area contributed by atoms with Crippen molar-refractivity contribution in [3.05, 3.63) is 52.9 Å². The van der Waals surface area contributed by atoms with Crippen LogP contribution in [0.4, 0.5) is 0 Å². The first kappa shape index (κ1) is 11.0. The number of aliphatic hydroxyl groups is 1. The molecule has 1 aromatic heterocycles. The summed E-state index contributed by atoms with van der Waals surface area (Å²) in [6, 6.07) is 10.7. The summed E-state index contributed by atoms with van der Waals surface area (Å²) in [5, 5.41) is 9.39. The van der Waals surface area contributed by atoms with Gasteiger partial charge in [0.25, 0.3) is 0 Å². The lowest BCUT2D eigenvalue weighted by Crippen LogP contribution is -1.94. The van der Waals surface area contributed by atoms with Gasteiger partial charge in [0.1, 0.15) is 30.5 Å². The van der Waals surface area contributed by atoms with Crippen LogP contribution in [-0.4, -0.2) is 5.11 Å². The zero-order valence-corrected chi connectivity index (χ0v) is 9.28. The molecule has 0 unspecified atom stereocenters. The Hall–Kier alpha value is -1.45. The Kier molecular flexibility index (Phi) is 3.49. The molecule has 1 heterocycles. The molecular formula is C12H11ClO3. The Labute approximate surface area is 98.2 Å². The van der Waals surface area contributed by atoms with Gasteiger partial charge in [0.05, 0.1) is 5.02 Å². The predicted octanol–water partition coefficient (Wildman–Crippen LogP) is 3.00. The van der Waals surface area contributed by atoms with Crippen LogP contribution in [0.3, 0.4) is 0 Å². The van der Waals surface area contributed by atoms with Gasteiger partial charge in [0, 0.05) is 0 Å². The number of benzene rings is 1. The number of furan rings is 1. The third kappa shape index (κ3) is 2.56. The highest BCUT2D eigenvalue weighted by Gasteiger charge is 2.04. The van der Waals surface area contributed by atoms with Gasteiger partial charge >= 0.3 is 0 Å². The van der Waals surface area contributed by atoms with Crippen molar-refractivity contribution >= 4 is 11.6 Å². The van der Waals surface area contributed by atoms with Crippen molar-refractivity contribution in [1.82, 2.24) is 0 Å². The fourth-order valence-corrected chi connectivity index (χ4v) is 1.49. The molecule has 0 spiro atoms. The lowest BCUT2D eigenvalue weighted by molar-refractivity contribution is 0.225. The number of halogens is 1. The van der Waals surface area contributed by atoms with Crippen LogP contribution in [0.15, 0.2) is 40.8 Å². The van der Waals surface area contributed by atoms with E-state index in [0.29, 0.717) is 28.9 Å². The summed E-state index contributed by atoms with van der Waals surface area (Å²) in [6.45, 7) is 0.190. The van der Waals surface area contributed by atoms with E-state index in [1.165, 1.54) is 0 Å². The quantitative estimate of drug-likeness (QED) is 0.890. The fraction of sp³-hybridized carbons (Fsp3) is 0.167. The Balaban J connectivity index is 1.99. The van der Waals surface area contributed by atoms with Gasteiger partial charge in [0.2, 0.25) is 0 Å². The molecule has 2 aromatic rings. The largest absolute Gasteiger partial charge is 0.484 e. The molecule has 0 amide bonds. The summed E-state index contributed by atoms with van der Waals surface area (Å²) in [7, 11) is 0. The van der Waals surface area contributed by atoms with E-state index >= 15 is 0 Å². The fourth-order valence-electron chi connectivity index (χ4n) is 1.30. The molecule has 16 heavy (non-hydrogen) atoms. The Morgan fingerprint density at radius 2 is 1.88 bits per heavy atom. The van der Waals surface area contributed by atoms with Crippen molar-refractivity contribution in [2.24, 2.45) is 0 Å². The molecule has 1 aromatic carbocycles. The molecule has 84 valence electrons. The number of hydrogen-bond acceptors (Lipinski definition) is 3. The van der Waals surface area contributed by atoms with Crippen LogP contribution < -0.4 is 4.74 Å². The molecule has 0 atom stereocenters. The van der Waals surface area contributed by atoms with Crippen LogP contribution >= 0.6 is 11.6 Å². The minimum Gasteiger partial charge on any atom is -0.484 e. The van der Waals surface area contributed by atoms with Crippen molar-refractivity contribution in [1.29, 1.82) is 0 Å². The van der Waals surface area contributed by atoms with Gasteiger partial charge in [-0.15, -0.1) is 0 Å². The highest BCUT2D eigenvalue weighted by molar-refractivity contribution is 6.32. The number of para-hydroxylation sites is 1. The molecule has 0 bridgehead atoms. The highest BCUT2D eigenvalue weighted by atomic mass is 35.5. The lowest BCUT2D eigenvalue weighted by Gasteiger charge is -2.05. The highest BCUT2D eigenvalue weighted by Crippen LogP contribution is 2.24. The smallest absolute Gasteiger partial charge is 0.146 e. The monoisotopic (exact) mass is 238 g/mol. The van der Waals surface area contributed by atoms with Crippen LogP contribution in [-0.2, 0) is 13.2 Å². The zero-order valence-electron chi connectivity index (χ0n) is 8.52. The summed E-state index contributed by atoms with van der Waals surface area (Å²) in [5.41, 5.74) is 0. The average molecular weight is 239 g/mol. The van der Waals surface area contributed by atoms with Gasteiger partial charge in [-0.2, -0.15) is 0 Å². The van der Waals surface area contributed by atoms with E-state index in [-0.39, 0.29) is 6.61 Å². The van der Waals surface area contributed by atoms with Gasteiger partial charge in [-0.3, -0.25) is 0 Å². The number of ether oxygens (including phenoxy) is 1. The minimum absolute atomic E-state index is 0.105. The van der Waals surface area contributed by atoms with Crippen LogP contribution in [0.25, 0.3) is 0 Å². The van der Waals surface area contributed by atoms with Crippen LogP contribution in [0.5, 0.6) is 5.75 Å². The summed E-state index contributed by atoms with van der Waals surface area (Å²) < 4.78 is 10.7. The molecule has 4 heteroatoms. The van der Waals surface area contributed by atoms with Crippen molar-refractivity contribution in [3.63, 3.8) is 0 Å². The molecule has 2 rings (SSSR count). The van der Waals surface area contributed by atoms with Crippen molar-refractivity contribution in [3.8, 4) is 5.75 Å². The van der Waals surface area contributed by atoms with E-state index in [4.69, 9.17) is 25.9 Å². The molecule has 0 saturated heterocycles. The first-order valence-electron chi connectivity index (χ1n) is 4.85. The second kappa shape index (κ2) is 5.05. The minimum atomic E-state index is -0.105. The second-order valence-electron chi connectivity index (χ2n) is 3.25. The van der Waals surface area contributed by atoms with Gasteiger partial charge in [-0.1, -0.05) is 23.7 Å². The third-order valence-electron chi connectivity index (χ3n) is 2.08. The normalized spacial score (nSPS) is 10.4. The Bertz CT molecular complexity index is 465. The van der Waals surface area contributed by atoms with Crippen molar-refractivity contribution in [2.45, 2.75) is 13.2 Å². The summed E-state index contributed by atoms with van der Waals surface area (Å²) in [4.78, 5) is 0. The van der Waals surface area contributed by atoms with Crippen LogP contribution in [0.2, 0.25) is 5.02 Å². The zero-order chi connectivity index (χ0) is 11.4. The van der Waals surface area contributed by atoms with Crippen molar-refractivity contribution < 1.29 is 14.3 Å². The summed E-state index contributed by atoms with van der Waals surface area (Å²) >= 11 is 5.93. The molecule has 0 aliphatic heterocycles. The first-order chi connectivity index (χ1) is 7.79. The van der Waals surface area contributed by atoms with Gasteiger partial charge in [0.15, 0.2) is 0 Å². The predicted molar refractivity (Wildman–Crippen MR) is 60.4 cm³/mol. The SMILES string of the molecule is OCc1ccc(COc2ccccc2Cl)o1. The molecule has 0 saturated carbocycles. The second-order valence-corrected chi connectivity index (χ2v) is 3.65. The summed E-state index contributed by atoms with van der Waals surface area (Å²) in [6.07, 6.45) is 0. The molecule has 0 radical (unpaired) electrons. The average Bonchev–Trinajstić information content (AvgIpc) is 2.76. The Morgan fingerprint density at radius 3 is 2.56 bits per heavy atom. The van der Waals surface area contributed by atoms with E-state index in [1.54, 1.807) is 24.3 Å². The standard InChI is InChI=1S/C12H11ClO3/c13-11-3-1-2-4-12(11)15-8-10-6-5-9(7-14)16-10/h1-6,14H,7-8H2. The number of rotatable bonds is 4. The molecule has 0 fully saturated rings. The first-order valence-corrected chi connectivity index (χ1v) is 5.23. The van der Waals surface area contributed by atoms with Gasteiger partial charge in [-0.05, 0) is 24.3 Å². The van der Waals surface area contributed by atoms with E-state index < -0.39 is 0 Å². The molecule has 3 nitrogen and oxygen atoms in total. The molecule has 0 aliphatic rings. The topological polar surface area (TPSA) is 42.6 Å². The van der Waals surface area contributed by atoms with Gasteiger partial charge in [-0.25, -0.2) is 0 Å².